The molecule has 4 rings (SSSR count). The van der Waals surface area contributed by atoms with Crippen molar-refractivity contribution in [1.29, 1.82) is 0 Å². The molecule has 1 N–H and O–H groups in total. The highest BCUT2D eigenvalue weighted by Gasteiger charge is 2.17. The van der Waals surface area contributed by atoms with Crippen LogP contribution in [0, 0.1) is 6.92 Å². The average Bonchev–Trinajstić information content (AvgIpc) is 3.09. The highest BCUT2D eigenvalue weighted by Crippen LogP contribution is 2.24. The van der Waals surface area contributed by atoms with Gasteiger partial charge in [0.1, 0.15) is 0 Å². The molecule has 0 bridgehead atoms. The highest BCUT2D eigenvalue weighted by molar-refractivity contribution is 5.92. The summed E-state index contributed by atoms with van der Waals surface area (Å²) in [4.78, 5) is 29.6. The Bertz CT molecular complexity index is 962. The first-order valence-corrected chi connectivity index (χ1v) is 8.97. The van der Waals surface area contributed by atoms with E-state index in [1.807, 2.05) is 18.2 Å². The van der Waals surface area contributed by atoms with Crippen LogP contribution in [0.2, 0.25) is 0 Å². The molecular formula is C19H22N6O2. The molecule has 27 heavy (non-hydrogen) atoms. The van der Waals surface area contributed by atoms with Gasteiger partial charge >= 0.3 is 0 Å². The van der Waals surface area contributed by atoms with Crippen LogP contribution in [0.5, 0.6) is 0 Å². The lowest BCUT2D eigenvalue weighted by Crippen LogP contribution is -2.47. The second-order valence-corrected chi connectivity index (χ2v) is 6.84. The zero-order valence-corrected chi connectivity index (χ0v) is 15.5. The number of rotatable bonds is 4. The van der Waals surface area contributed by atoms with E-state index in [1.54, 1.807) is 19.3 Å². The van der Waals surface area contributed by atoms with Crippen LogP contribution in [0.3, 0.4) is 0 Å². The van der Waals surface area contributed by atoms with E-state index < -0.39 is 0 Å². The molecule has 1 aliphatic heterocycles. The molecule has 1 aromatic carbocycles. The van der Waals surface area contributed by atoms with Crippen LogP contribution in [0.4, 0.5) is 5.95 Å². The van der Waals surface area contributed by atoms with E-state index in [-0.39, 0.29) is 5.91 Å². The minimum atomic E-state index is -0.0964. The Morgan fingerprint density at radius 3 is 2.74 bits per heavy atom. The average molecular weight is 366 g/mol. The Hall–Kier alpha value is -2.84. The van der Waals surface area contributed by atoms with Crippen LogP contribution in [-0.4, -0.2) is 70.4 Å². The molecule has 1 aliphatic rings. The van der Waals surface area contributed by atoms with Crippen LogP contribution in [0.25, 0.3) is 22.2 Å². The molecule has 2 aromatic heterocycles. The molecule has 0 aliphatic carbocycles. The lowest BCUT2D eigenvalue weighted by Gasteiger charge is -2.31. The van der Waals surface area contributed by atoms with Gasteiger partial charge in [0, 0.05) is 50.2 Å². The van der Waals surface area contributed by atoms with Gasteiger partial charge in [-0.05, 0) is 13.1 Å². The Labute approximate surface area is 157 Å². The number of likely N-dealkylation sites (N-methyl/N-ethyl adjacent to an activating group) is 1. The van der Waals surface area contributed by atoms with E-state index in [1.165, 1.54) is 0 Å². The first-order chi connectivity index (χ1) is 13.1. The van der Waals surface area contributed by atoms with E-state index in [0.29, 0.717) is 24.1 Å². The van der Waals surface area contributed by atoms with Gasteiger partial charge in [-0.1, -0.05) is 12.1 Å². The third kappa shape index (κ3) is 4.12. The number of carbonyl (C=O) groups excluding carboxylic acids is 1. The van der Waals surface area contributed by atoms with Crippen molar-refractivity contribution in [2.75, 3.05) is 45.1 Å². The molecule has 3 heterocycles. The monoisotopic (exact) mass is 366 g/mol. The molecule has 1 fully saturated rings. The standard InChI is InChI=1S/C19H22N6O2/c1-13-20-11-17(27-13)14-3-4-15-10-21-19(22-16(15)9-14)23-18(26)12-25-7-5-24(2)6-8-25/h3-4,9-11H,5-8,12H2,1-2H3,(H,21,22,23,26). The number of benzene rings is 1. The number of fused-ring (bicyclic) bond motifs is 1. The van der Waals surface area contributed by atoms with Crippen molar-refractivity contribution in [3.63, 3.8) is 0 Å². The van der Waals surface area contributed by atoms with Gasteiger partial charge in [0.2, 0.25) is 11.9 Å². The van der Waals surface area contributed by atoms with E-state index >= 15 is 0 Å². The van der Waals surface area contributed by atoms with Crippen molar-refractivity contribution in [3.05, 3.63) is 36.5 Å². The van der Waals surface area contributed by atoms with Gasteiger partial charge in [-0.3, -0.25) is 15.0 Å². The third-order valence-corrected chi connectivity index (χ3v) is 4.70. The SMILES string of the molecule is Cc1ncc(-c2ccc3cnc(NC(=O)CN4CCN(C)CC4)nc3c2)o1. The van der Waals surface area contributed by atoms with E-state index in [2.05, 4.69) is 37.1 Å². The maximum absolute atomic E-state index is 12.3. The normalized spacial score (nSPS) is 15.9. The molecule has 1 saturated heterocycles. The van der Waals surface area contributed by atoms with Crippen LogP contribution >= 0.6 is 0 Å². The fraction of sp³-hybridized carbons (Fsp3) is 0.368. The summed E-state index contributed by atoms with van der Waals surface area (Å²) in [7, 11) is 2.09. The smallest absolute Gasteiger partial charge is 0.240 e. The topological polar surface area (TPSA) is 87.4 Å². The second kappa shape index (κ2) is 7.42. The van der Waals surface area contributed by atoms with Crippen molar-refractivity contribution < 1.29 is 9.21 Å². The number of aryl methyl sites for hydroxylation is 1. The summed E-state index contributed by atoms with van der Waals surface area (Å²) >= 11 is 0. The zero-order chi connectivity index (χ0) is 18.8. The molecule has 140 valence electrons. The molecule has 0 atom stereocenters. The minimum absolute atomic E-state index is 0.0964. The molecule has 0 unspecified atom stereocenters. The summed E-state index contributed by atoms with van der Waals surface area (Å²) in [6, 6.07) is 5.78. The second-order valence-electron chi connectivity index (χ2n) is 6.84. The summed E-state index contributed by atoms with van der Waals surface area (Å²) in [6.45, 7) is 5.89. The lowest BCUT2D eigenvalue weighted by molar-refractivity contribution is -0.117. The highest BCUT2D eigenvalue weighted by atomic mass is 16.4. The summed E-state index contributed by atoms with van der Waals surface area (Å²) in [5, 5.41) is 3.70. The molecule has 0 spiro atoms. The van der Waals surface area contributed by atoms with Gasteiger partial charge in [0.05, 0.1) is 18.3 Å². The number of oxazole rings is 1. The quantitative estimate of drug-likeness (QED) is 0.753. The first kappa shape index (κ1) is 17.6. The number of amides is 1. The number of aromatic nitrogens is 3. The van der Waals surface area contributed by atoms with E-state index in [9.17, 15) is 4.79 Å². The predicted molar refractivity (Wildman–Crippen MR) is 102 cm³/mol. The van der Waals surface area contributed by atoms with Crippen molar-refractivity contribution >= 4 is 22.8 Å². The van der Waals surface area contributed by atoms with Crippen LogP contribution in [0.1, 0.15) is 5.89 Å². The number of nitrogens with zero attached hydrogens (tertiary/aromatic N) is 5. The van der Waals surface area contributed by atoms with E-state index in [4.69, 9.17) is 4.42 Å². The number of carbonyl (C=O) groups is 1. The van der Waals surface area contributed by atoms with E-state index in [0.717, 1.165) is 42.6 Å². The van der Waals surface area contributed by atoms with Crippen molar-refractivity contribution in [3.8, 4) is 11.3 Å². The molecular weight excluding hydrogens is 344 g/mol. The van der Waals surface area contributed by atoms with Gasteiger partial charge in [-0.2, -0.15) is 0 Å². The Balaban J connectivity index is 1.48. The van der Waals surface area contributed by atoms with Crippen LogP contribution < -0.4 is 5.32 Å². The summed E-state index contributed by atoms with van der Waals surface area (Å²) in [5.74, 6) is 1.52. The van der Waals surface area contributed by atoms with Crippen molar-refractivity contribution in [1.82, 2.24) is 24.8 Å². The molecule has 0 radical (unpaired) electrons. The van der Waals surface area contributed by atoms with Crippen LogP contribution in [0.15, 0.2) is 35.0 Å². The third-order valence-electron chi connectivity index (χ3n) is 4.70. The Kier molecular flexibility index (Phi) is 4.83. The maximum atomic E-state index is 12.3. The van der Waals surface area contributed by atoms with Crippen molar-refractivity contribution in [2.24, 2.45) is 0 Å². The van der Waals surface area contributed by atoms with Gasteiger partial charge < -0.3 is 9.32 Å². The summed E-state index contributed by atoms with van der Waals surface area (Å²) in [5.41, 5.74) is 1.63. The number of anilines is 1. The predicted octanol–water partition coefficient (Wildman–Crippen LogP) is 1.78. The number of nitrogens with one attached hydrogen (secondary N) is 1. The zero-order valence-electron chi connectivity index (χ0n) is 15.5. The fourth-order valence-corrected chi connectivity index (χ4v) is 3.10. The summed E-state index contributed by atoms with van der Waals surface area (Å²) < 4.78 is 5.57. The van der Waals surface area contributed by atoms with Gasteiger partial charge in [-0.15, -0.1) is 0 Å². The number of piperazine rings is 1. The molecule has 0 saturated carbocycles. The lowest BCUT2D eigenvalue weighted by atomic mass is 10.1. The first-order valence-electron chi connectivity index (χ1n) is 8.97. The maximum Gasteiger partial charge on any atom is 0.240 e. The molecule has 1 amide bonds. The molecule has 3 aromatic rings. The van der Waals surface area contributed by atoms with Gasteiger partial charge in [0.15, 0.2) is 11.7 Å². The Morgan fingerprint density at radius 1 is 1.19 bits per heavy atom. The minimum Gasteiger partial charge on any atom is -0.441 e. The van der Waals surface area contributed by atoms with Crippen molar-refractivity contribution in [2.45, 2.75) is 6.92 Å². The van der Waals surface area contributed by atoms with Crippen LogP contribution in [-0.2, 0) is 4.79 Å². The fourth-order valence-electron chi connectivity index (χ4n) is 3.10. The van der Waals surface area contributed by atoms with Gasteiger partial charge in [0.25, 0.3) is 0 Å². The molecule has 8 nitrogen and oxygen atoms in total. The van der Waals surface area contributed by atoms with Gasteiger partial charge in [-0.25, -0.2) is 15.0 Å². The summed E-state index contributed by atoms with van der Waals surface area (Å²) in [6.07, 6.45) is 3.40. The Morgan fingerprint density at radius 2 is 2.00 bits per heavy atom. The largest absolute Gasteiger partial charge is 0.441 e. The number of hydrogen-bond donors (Lipinski definition) is 1. The number of hydrogen-bond acceptors (Lipinski definition) is 7. The molecule has 8 heteroatoms.